The van der Waals surface area contributed by atoms with Crippen LogP contribution in [0.15, 0.2) is 11.0 Å². The number of aryl methyl sites for hydroxylation is 1. The molecule has 1 aromatic rings. The Hall–Kier alpha value is -0.920. The molecule has 0 aliphatic rings. The fraction of sp³-hybridized carbons (Fsp3) is 0.583. The van der Waals surface area contributed by atoms with E-state index in [2.05, 4.69) is 26.1 Å². The molecule has 1 amide bonds. The first-order valence-electron chi connectivity index (χ1n) is 6.04. The van der Waals surface area contributed by atoms with Crippen LogP contribution in [0.1, 0.15) is 35.3 Å². The largest absolute Gasteiger partial charge is 0.351 e. The zero-order chi connectivity index (χ0) is 14.8. The average Bonchev–Trinajstić information content (AvgIpc) is 2.67. The van der Waals surface area contributed by atoms with Crippen molar-refractivity contribution < 1.29 is 13.2 Å². The van der Waals surface area contributed by atoms with E-state index < -0.39 is 10.0 Å². The van der Waals surface area contributed by atoms with Crippen molar-refractivity contribution in [3.63, 3.8) is 0 Å². The van der Waals surface area contributed by atoms with Crippen LogP contribution in [0.3, 0.4) is 0 Å². The Morgan fingerprint density at radius 1 is 1.42 bits per heavy atom. The highest BCUT2D eigenvalue weighted by Gasteiger charge is 2.19. The monoisotopic (exact) mass is 304 g/mol. The van der Waals surface area contributed by atoms with Gasteiger partial charge in [-0.25, -0.2) is 13.6 Å². The third-order valence-corrected chi connectivity index (χ3v) is 5.34. The quantitative estimate of drug-likeness (QED) is 0.868. The maximum atomic E-state index is 11.9. The Morgan fingerprint density at radius 3 is 2.42 bits per heavy atom. The average molecular weight is 304 g/mol. The summed E-state index contributed by atoms with van der Waals surface area (Å²) in [5.74, 6) is 0.587. The molecule has 0 aliphatic heterocycles. The van der Waals surface area contributed by atoms with Crippen LogP contribution in [0.25, 0.3) is 0 Å². The summed E-state index contributed by atoms with van der Waals surface area (Å²) in [6.07, 6.45) is 0. The molecule has 0 saturated carbocycles. The highest BCUT2D eigenvalue weighted by Crippen LogP contribution is 2.24. The summed E-state index contributed by atoms with van der Waals surface area (Å²) in [6.45, 7) is 8.44. The van der Waals surface area contributed by atoms with Crippen molar-refractivity contribution in [1.82, 2.24) is 5.32 Å². The fourth-order valence-corrected chi connectivity index (χ4v) is 3.50. The van der Waals surface area contributed by atoms with Crippen molar-refractivity contribution in [3.8, 4) is 0 Å². The Kier molecular flexibility index (Phi) is 5.11. The molecule has 1 unspecified atom stereocenters. The summed E-state index contributed by atoms with van der Waals surface area (Å²) in [6, 6.07) is 1.34. The minimum atomic E-state index is -3.76. The molecule has 1 heterocycles. The zero-order valence-corrected chi connectivity index (χ0v) is 13.2. The number of primary sulfonamides is 1. The molecule has 5 nitrogen and oxygen atoms in total. The number of carbonyl (C=O) groups is 1. The third-order valence-electron chi connectivity index (χ3n) is 3.13. The van der Waals surface area contributed by atoms with Gasteiger partial charge in [-0.3, -0.25) is 4.79 Å². The maximum Gasteiger partial charge on any atom is 0.261 e. The molecule has 0 saturated heterocycles. The highest BCUT2D eigenvalue weighted by atomic mass is 32.2. The number of sulfonamides is 1. The lowest BCUT2D eigenvalue weighted by Crippen LogP contribution is -2.29. The van der Waals surface area contributed by atoms with Gasteiger partial charge in [0.2, 0.25) is 10.0 Å². The van der Waals surface area contributed by atoms with E-state index in [1.165, 1.54) is 6.07 Å². The second-order valence-corrected chi connectivity index (χ2v) is 7.79. The second-order valence-electron chi connectivity index (χ2n) is 5.01. The Bertz CT molecular complexity index is 562. The molecule has 1 aromatic heterocycles. The molecule has 1 atom stereocenters. The van der Waals surface area contributed by atoms with Crippen LogP contribution in [0.5, 0.6) is 0 Å². The minimum absolute atomic E-state index is 0.0274. The van der Waals surface area contributed by atoms with Crippen molar-refractivity contribution in [3.05, 3.63) is 15.8 Å². The van der Waals surface area contributed by atoms with Crippen LogP contribution in [-0.4, -0.2) is 20.9 Å². The standard InChI is InChI=1S/C12H20N2O3S2/c1-7(2)8(3)6-14-12(15)10-5-11(9(4)18-10)19(13,16)17/h5,7-8H,6H2,1-4H3,(H,14,15)(H2,13,16,17). The van der Waals surface area contributed by atoms with E-state index in [1.54, 1.807) is 6.92 Å². The number of hydrogen-bond donors (Lipinski definition) is 2. The van der Waals surface area contributed by atoms with E-state index in [0.717, 1.165) is 11.3 Å². The molecule has 3 N–H and O–H groups in total. The van der Waals surface area contributed by atoms with Crippen LogP contribution < -0.4 is 10.5 Å². The summed E-state index contributed by atoms with van der Waals surface area (Å²) in [4.78, 5) is 12.9. The predicted molar refractivity (Wildman–Crippen MR) is 76.8 cm³/mol. The number of amides is 1. The molecule has 7 heteroatoms. The topological polar surface area (TPSA) is 89.3 Å². The maximum absolute atomic E-state index is 11.9. The molecule has 0 aromatic carbocycles. The lowest BCUT2D eigenvalue weighted by atomic mass is 9.98. The SMILES string of the molecule is Cc1sc(C(=O)NCC(C)C(C)C)cc1S(N)(=O)=O. The molecule has 0 fully saturated rings. The first-order chi connectivity index (χ1) is 8.62. The predicted octanol–water partition coefficient (Wildman–Crippen LogP) is 1.73. The van der Waals surface area contributed by atoms with Crippen LogP contribution >= 0.6 is 11.3 Å². The summed E-state index contributed by atoms with van der Waals surface area (Å²) >= 11 is 1.14. The molecule has 0 aliphatic carbocycles. The Morgan fingerprint density at radius 2 is 2.00 bits per heavy atom. The molecule has 0 spiro atoms. The lowest BCUT2D eigenvalue weighted by molar-refractivity contribution is 0.0949. The zero-order valence-electron chi connectivity index (χ0n) is 11.6. The van der Waals surface area contributed by atoms with Gasteiger partial charge in [0, 0.05) is 11.4 Å². The van der Waals surface area contributed by atoms with Gasteiger partial charge in [0.25, 0.3) is 5.91 Å². The van der Waals surface area contributed by atoms with E-state index in [9.17, 15) is 13.2 Å². The van der Waals surface area contributed by atoms with Gasteiger partial charge in [-0.05, 0) is 24.8 Å². The molecule has 0 bridgehead atoms. The smallest absolute Gasteiger partial charge is 0.261 e. The van der Waals surface area contributed by atoms with Crippen molar-refractivity contribution >= 4 is 27.3 Å². The van der Waals surface area contributed by atoms with Gasteiger partial charge in [0.15, 0.2) is 0 Å². The molecule has 19 heavy (non-hydrogen) atoms. The first-order valence-corrected chi connectivity index (χ1v) is 8.40. The number of hydrogen-bond acceptors (Lipinski definition) is 4. The van der Waals surface area contributed by atoms with Crippen LogP contribution in [0.2, 0.25) is 0 Å². The van der Waals surface area contributed by atoms with Gasteiger partial charge in [-0.15, -0.1) is 11.3 Å². The normalized spacial score (nSPS) is 13.6. The Labute approximate surface area is 118 Å². The second kappa shape index (κ2) is 6.02. The van der Waals surface area contributed by atoms with Crippen molar-refractivity contribution in [2.45, 2.75) is 32.6 Å². The van der Waals surface area contributed by atoms with Crippen LogP contribution in [-0.2, 0) is 10.0 Å². The van der Waals surface area contributed by atoms with Gasteiger partial charge < -0.3 is 5.32 Å². The van der Waals surface area contributed by atoms with Crippen molar-refractivity contribution in [2.75, 3.05) is 6.54 Å². The van der Waals surface area contributed by atoms with E-state index >= 15 is 0 Å². The van der Waals surface area contributed by atoms with Gasteiger partial charge in [0.05, 0.1) is 9.77 Å². The van der Waals surface area contributed by atoms with E-state index in [1.807, 2.05) is 0 Å². The summed E-state index contributed by atoms with van der Waals surface area (Å²) < 4.78 is 22.6. The van der Waals surface area contributed by atoms with Crippen LogP contribution in [0, 0.1) is 18.8 Å². The summed E-state index contributed by atoms with van der Waals surface area (Å²) in [7, 11) is -3.76. The lowest BCUT2D eigenvalue weighted by Gasteiger charge is -2.15. The summed E-state index contributed by atoms with van der Waals surface area (Å²) in [5.41, 5.74) is 0. The van der Waals surface area contributed by atoms with Crippen molar-refractivity contribution in [2.24, 2.45) is 17.0 Å². The number of rotatable bonds is 5. The third kappa shape index (κ3) is 4.29. The highest BCUT2D eigenvalue weighted by molar-refractivity contribution is 7.89. The molecule has 0 radical (unpaired) electrons. The number of carbonyl (C=O) groups excluding carboxylic acids is 1. The van der Waals surface area contributed by atoms with Gasteiger partial charge in [-0.2, -0.15) is 0 Å². The van der Waals surface area contributed by atoms with Gasteiger partial charge in [-0.1, -0.05) is 20.8 Å². The first kappa shape index (κ1) is 16.1. The number of nitrogens with two attached hydrogens (primary N) is 1. The van der Waals surface area contributed by atoms with E-state index in [-0.39, 0.29) is 10.8 Å². The van der Waals surface area contributed by atoms with Crippen molar-refractivity contribution in [1.29, 1.82) is 0 Å². The number of thiophene rings is 1. The molecule has 108 valence electrons. The number of nitrogens with one attached hydrogen (secondary N) is 1. The van der Waals surface area contributed by atoms with E-state index in [4.69, 9.17) is 5.14 Å². The van der Waals surface area contributed by atoms with Gasteiger partial charge >= 0.3 is 0 Å². The molecular weight excluding hydrogens is 284 g/mol. The fourth-order valence-electron chi connectivity index (χ4n) is 1.44. The van der Waals surface area contributed by atoms with Gasteiger partial charge in [0.1, 0.15) is 0 Å². The Balaban J connectivity index is 2.80. The molecular formula is C12H20N2O3S2. The summed E-state index contributed by atoms with van der Waals surface area (Å²) in [5, 5.41) is 7.89. The van der Waals surface area contributed by atoms with E-state index in [0.29, 0.717) is 28.1 Å². The van der Waals surface area contributed by atoms with Crippen LogP contribution in [0.4, 0.5) is 0 Å². The minimum Gasteiger partial charge on any atom is -0.351 e. The molecule has 1 rings (SSSR count).